The minimum absolute atomic E-state index is 0.152. The summed E-state index contributed by atoms with van der Waals surface area (Å²) in [5, 5.41) is 13.0. The number of fused-ring (bicyclic) bond motifs is 2. The second-order valence-corrected chi connectivity index (χ2v) is 13.6. The number of ether oxygens (including phenoxy) is 2. The zero-order valence-electron chi connectivity index (χ0n) is 27.1. The van der Waals surface area contributed by atoms with Gasteiger partial charge in [0.2, 0.25) is 0 Å². The summed E-state index contributed by atoms with van der Waals surface area (Å²) in [4.78, 5) is 33.7. The number of amides is 1. The highest BCUT2D eigenvalue weighted by Crippen LogP contribution is 2.39. The first-order valence-electron chi connectivity index (χ1n) is 15.8. The lowest BCUT2D eigenvalue weighted by Gasteiger charge is -2.41. The molecule has 4 heterocycles. The Morgan fingerprint density at radius 3 is 2.61 bits per heavy atom. The molecule has 2 aliphatic heterocycles. The quantitative estimate of drug-likeness (QED) is 0.229. The number of hydrogen-bond donors (Lipinski definition) is 0. The van der Waals surface area contributed by atoms with Crippen LogP contribution in [0.5, 0.6) is 6.01 Å². The van der Waals surface area contributed by atoms with Gasteiger partial charge in [-0.2, -0.15) is 15.2 Å². The molecular weight excluding hydrogens is 602 g/mol. The Morgan fingerprint density at radius 2 is 1.89 bits per heavy atom. The SMILES string of the molecule is Cc1cccc2cccc(-c3ncc4c(N5CCN(C(=O)OC(C)(C)C)[C@@H](CC#N)C5)nc(OC[C@@H]5CCCN5C)nc4c3Cl)c12. The predicted molar refractivity (Wildman–Crippen MR) is 180 cm³/mol. The highest BCUT2D eigenvalue weighted by molar-refractivity contribution is 6.38. The zero-order chi connectivity index (χ0) is 32.6. The number of nitriles is 1. The van der Waals surface area contributed by atoms with Crippen molar-refractivity contribution < 1.29 is 14.3 Å². The smallest absolute Gasteiger partial charge is 0.410 e. The zero-order valence-corrected chi connectivity index (χ0v) is 27.8. The molecule has 0 N–H and O–H groups in total. The van der Waals surface area contributed by atoms with Gasteiger partial charge in [-0.15, -0.1) is 0 Å². The summed E-state index contributed by atoms with van der Waals surface area (Å²) in [7, 11) is 2.11. The van der Waals surface area contributed by atoms with Crippen LogP contribution in [0.25, 0.3) is 32.9 Å². The highest BCUT2D eigenvalue weighted by Gasteiger charge is 2.35. The lowest BCUT2D eigenvalue weighted by Crippen LogP contribution is -2.56. The maximum Gasteiger partial charge on any atom is 0.410 e. The maximum atomic E-state index is 13.1. The van der Waals surface area contributed by atoms with Crippen LogP contribution in [-0.2, 0) is 4.74 Å². The number of likely N-dealkylation sites (N-methyl/N-ethyl adjacent to an activating group) is 1. The van der Waals surface area contributed by atoms with Gasteiger partial charge in [0.25, 0.3) is 0 Å². The first kappa shape index (κ1) is 31.8. The summed E-state index contributed by atoms with van der Waals surface area (Å²) < 4.78 is 11.9. The molecule has 2 saturated heterocycles. The largest absolute Gasteiger partial charge is 0.462 e. The van der Waals surface area contributed by atoms with E-state index in [2.05, 4.69) is 48.0 Å². The monoisotopic (exact) mass is 641 g/mol. The minimum Gasteiger partial charge on any atom is -0.462 e. The second-order valence-electron chi connectivity index (χ2n) is 13.2. The molecule has 1 amide bonds. The van der Waals surface area contributed by atoms with E-state index in [0.717, 1.165) is 41.3 Å². The summed E-state index contributed by atoms with van der Waals surface area (Å²) in [6.07, 6.45) is 3.68. The van der Waals surface area contributed by atoms with E-state index in [9.17, 15) is 10.1 Å². The molecule has 2 aliphatic rings. The van der Waals surface area contributed by atoms with Gasteiger partial charge < -0.3 is 24.2 Å². The molecule has 0 spiro atoms. The fourth-order valence-electron chi connectivity index (χ4n) is 6.49. The van der Waals surface area contributed by atoms with Crippen LogP contribution in [0.3, 0.4) is 0 Å². The summed E-state index contributed by atoms with van der Waals surface area (Å²) in [6, 6.07) is 14.7. The Morgan fingerprint density at radius 1 is 1.11 bits per heavy atom. The van der Waals surface area contributed by atoms with Crippen molar-refractivity contribution in [2.75, 3.05) is 44.7 Å². The van der Waals surface area contributed by atoms with Gasteiger partial charge >= 0.3 is 12.1 Å². The molecule has 6 rings (SSSR count). The molecule has 11 heteroatoms. The van der Waals surface area contributed by atoms with Gasteiger partial charge in [-0.1, -0.05) is 48.0 Å². The molecule has 2 aromatic carbocycles. The van der Waals surface area contributed by atoms with Crippen LogP contribution in [-0.4, -0.2) is 88.4 Å². The summed E-state index contributed by atoms with van der Waals surface area (Å²) in [5.74, 6) is 0.613. The Hall–Kier alpha value is -4.20. The molecule has 46 heavy (non-hydrogen) atoms. The topological polar surface area (TPSA) is 108 Å². The number of rotatable bonds is 6. The molecule has 2 fully saturated rings. The van der Waals surface area contributed by atoms with Crippen molar-refractivity contribution in [2.45, 2.75) is 64.6 Å². The number of piperazine rings is 1. The van der Waals surface area contributed by atoms with Gasteiger partial charge in [0.05, 0.1) is 34.6 Å². The van der Waals surface area contributed by atoms with Crippen LogP contribution in [0.2, 0.25) is 5.02 Å². The molecular formula is C35H40ClN7O3. The second kappa shape index (κ2) is 12.9. The van der Waals surface area contributed by atoms with Crippen LogP contribution >= 0.6 is 11.6 Å². The van der Waals surface area contributed by atoms with E-state index in [1.807, 2.05) is 39.0 Å². The molecule has 0 saturated carbocycles. The third-order valence-corrected chi connectivity index (χ3v) is 9.18. The maximum absolute atomic E-state index is 13.1. The molecule has 10 nitrogen and oxygen atoms in total. The van der Waals surface area contributed by atoms with E-state index in [1.54, 1.807) is 11.1 Å². The molecule has 4 aromatic rings. The number of halogens is 1. The van der Waals surface area contributed by atoms with Gasteiger partial charge in [0.1, 0.15) is 23.5 Å². The molecule has 240 valence electrons. The minimum atomic E-state index is -0.642. The van der Waals surface area contributed by atoms with E-state index in [1.165, 1.54) is 0 Å². The highest BCUT2D eigenvalue weighted by atomic mass is 35.5. The predicted octanol–water partition coefficient (Wildman–Crippen LogP) is 6.62. The average molecular weight is 642 g/mol. The van der Waals surface area contributed by atoms with Gasteiger partial charge in [-0.3, -0.25) is 4.98 Å². The number of carbonyl (C=O) groups excluding carboxylic acids is 1. The van der Waals surface area contributed by atoms with Gasteiger partial charge in [-0.25, -0.2) is 4.79 Å². The van der Waals surface area contributed by atoms with Crippen molar-refractivity contribution in [1.29, 1.82) is 5.26 Å². The fraction of sp³-hybridized carbons (Fsp3) is 0.457. The average Bonchev–Trinajstić information content (AvgIpc) is 3.43. The third kappa shape index (κ3) is 6.39. The number of anilines is 1. The normalized spacial score (nSPS) is 19.1. The molecule has 0 radical (unpaired) electrons. The fourth-order valence-corrected chi connectivity index (χ4v) is 6.78. The van der Waals surface area contributed by atoms with Gasteiger partial charge in [-0.05, 0) is 70.5 Å². The molecule has 2 atom stereocenters. The van der Waals surface area contributed by atoms with Crippen molar-refractivity contribution in [3.63, 3.8) is 0 Å². The van der Waals surface area contributed by atoms with E-state index in [4.69, 9.17) is 36.0 Å². The van der Waals surface area contributed by atoms with Crippen LogP contribution in [0.15, 0.2) is 42.6 Å². The van der Waals surface area contributed by atoms with Gasteiger partial charge in [0, 0.05) is 37.4 Å². The number of hydrogen-bond acceptors (Lipinski definition) is 9. The third-order valence-electron chi connectivity index (χ3n) is 8.83. The lowest BCUT2D eigenvalue weighted by molar-refractivity contribution is 0.0145. The molecule has 0 aliphatic carbocycles. The van der Waals surface area contributed by atoms with E-state index >= 15 is 0 Å². The standard InChI is InChI=1S/C35H40ClN7O3/c1-22-9-6-10-23-11-7-13-26(28(22)23)30-29(36)31-27(19-38-30)32(40-33(39-31)45-21-25-12-8-16-41(25)5)42-17-18-43(24(20-42)14-15-37)34(44)46-35(2,3)4/h6-7,9-11,13,19,24-25H,8,12,14,16-18,20-21H2,1-5H3/t24-,25-/m0/s1. The number of likely N-dealkylation sites (tertiary alicyclic amines) is 1. The Bertz CT molecular complexity index is 1810. The van der Waals surface area contributed by atoms with Crippen molar-refractivity contribution in [2.24, 2.45) is 0 Å². The van der Waals surface area contributed by atoms with Crippen molar-refractivity contribution in [3.8, 4) is 23.3 Å². The van der Waals surface area contributed by atoms with Crippen molar-refractivity contribution >= 4 is 45.2 Å². The summed E-state index contributed by atoms with van der Waals surface area (Å²) >= 11 is 7.22. The van der Waals surface area contributed by atoms with Crippen LogP contribution in [0, 0.1) is 18.3 Å². The van der Waals surface area contributed by atoms with Crippen molar-refractivity contribution in [3.05, 3.63) is 53.2 Å². The first-order chi connectivity index (χ1) is 22.0. The number of benzene rings is 2. The van der Waals surface area contributed by atoms with E-state index in [0.29, 0.717) is 53.7 Å². The molecule has 0 unspecified atom stereocenters. The lowest BCUT2D eigenvalue weighted by atomic mass is 9.97. The van der Waals surface area contributed by atoms with E-state index in [-0.39, 0.29) is 18.5 Å². The van der Waals surface area contributed by atoms with Gasteiger partial charge in [0.15, 0.2) is 0 Å². The summed E-state index contributed by atoms with van der Waals surface area (Å²) in [6.45, 7) is 10.3. The van der Waals surface area contributed by atoms with E-state index < -0.39 is 17.7 Å². The number of carbonyl (C=O) groups is 1. The molecule has 0 bridgehead atoms. The summed E-state index contributed by atoms with van der Waals surface area (Å²) in [5.41, 5.74) is 2.60. The number of pyridine rings is 1. The number of aromatic nitrogens is 3. The van der Waals surface area contributed by atoms with Crippen LogP contribution < -0.4 is 9.64 Å². The van der Waals surface area contributed by atoms with Crippen LogP contribution in [0.4, 0.5) is 10.6 Å². The Kier molecular flexibility index (Phi) is 8.90. The number of nitrogens with zero attached hydrogens (tertiary/aromatic N) is 7. The Labute approximate surface area is 274 Å². The van der Waals surface area contributed by atoms with Crippen molar-refractivity contribution in [1.82, 2.24) is 24.8 Å². The molecule has 2 aromatic heterocycles. The Balaban J connectivity index is 1.42. The first-order valence-corrected chi connectivity index (χ1v) is 16.2. The van der Waals surface area contributed by atoms with Crippen LogP contribution in [0.1, 0.15) is 45.6 Å². The number of aryl methyl sites for hydroxylation is 1.